The summed E-state index contributed by atoms with van der Waals surface area (Å²) in [5.74, 6) is 8.32. The molecule has 4 aliphatic heterocycles. The summed E-state index contributed by atoms with van der Waals surface area (Å²) in [5, 5.41) is 11.8. The molecule has 16 aromatic carbocycles. The van der Waals surface area contributed by atoms with Crippen LogP contribution in [-0.4, -0.2) is 98.8 Å². The highest BCUT2D eigenvalue weighted by Gasteiger charge is 2.57. The van der Waals surface area contributed by atoms with E-state index < -0.39 is 11.1 Å². The van der Waals surface area contributed by atoms with E-state index in [-0.39, 0.29) is 0 Å². The van der Waals surface area contributed by atoms with Gasteiger partial charge in [-0.05, 0) is 258 Å². The Balaban J connectivity index is 0.874. The zero-order valence-corrected chi connectivity index (χ0v) is 68.7. The highest BCUT2D eigenvalue weighted by molar-refractivity contribution is 6.56. The SMILES string of the molecule is COc1ccc(C2=NC(=C3C=C(c4cc5c(c6ccccc46)C4(C(=C6N=C(c7ccc(OC)cc7)C(c7ccc(OC)cc7)=N6)C=Cc6ccccc64)n4c-5nc5c6ccc(OC)cc6c6cc(OC)ccc6c54)c4ccccc4C34c3c(ccc5ccccc35)-c3nc5c6ccc(OC)cc6c6cc(OC)ccc6c5n34)N=C2c2ccc(OC)cc2)cc1. The lowest BCUT2D eigenvalue weighted by molar-refractivity contribution is 0.414. The van der Waals surface area contributed by atoms with Gasteiger partial charge in [0, 0.05) is 77.2 Å². The number of hydrogen-bond acceptors (Lipinski definition) is 14. The highest BCUT2D eigenvalue weighted by atomic mass is 16.5. The molecule has 2 aliphatic carbocycles. The molecule has 0 fully saturated rings. The Morgan fingerprint density at radius 2 is 0.645 bits per heavy atom. The Bertz CT molecular complexity index is 7930. The molecule has 24 rings (SSSR count). The van der Waals surface area contributed by atoms with Crippen LogP contribution in [0.2, 0.25) is 0 Å². The molecule has 16 nitrogen and oxygen atoms in total. The summed E-state index contributed by atoms with van der Waals surface area (Å²) in [7, 11) is 13.6. The molecule has 0 saturated heterocycles. The van der Waals surface area contributed by atoms with E-state index in [1.54, 1.807) is 56.9 Å². The van der Waals surface area contributed by atoms with Gasteiger partial charge in [-0.1, -0.05) is 121 Å². The second kappa shape index (κ2) is 27.3. The third-order valence-corrected chi connectivity index (χ3v) is 26.1. The van der Waals surface area contributed by atoms with Crippen LogP contribution >= 0.6 is 0 Å². The van der Waals surface area contributed by atoms with Crippen LogP contribution in [0.15, 0.2) is 340 Å². The second-order valence-corrected chi connectivity index (χ2v) is 31.9. The minimum absolute atomic E-state index is 0.509. The monoisotopic (exact) mass is 1610 g/mol. The lowest BCUT2D eigenvalue weighted by Crippen LogP contribution is -2.39. The van der Waals surface area contributed by atoms with Gasteiger partial charge in [-0.3, -0.25) is 0 Å². The number of aromatic nitrogens is 4. The van der Waals surface area contributed by atoms with Gasteiger partial charge in [0.2, 0.25) is 0 Å². The molecule has 124 heavy (non-hydrogen) atoms. The van der Waals surface area contributed by atoms with E-state index in [0.717, 1.165) is 205 Å². The van der Waals surface area contributed by atoms with Crippen molar-refractivity contribution in [3.8, 4) is 68.8 Å². The van der Waals surface area contributed by atoms with E-state index in [2.05, 4.69) is 252 Å². The summed E-state index contributed by atoms with van der Waals surface area (Å²) in [6.07, 6.45) is 6.91. The number of fused-ring (bicyclic) bond motifs is 32. The molecule has 6 heterocycles. The molecular formula is C108H74N8O8. The molecule has 0 radical (unpaired) electrons. The van der Waals surface area contributed by atoms with E-state index in [1.165, 1.54) is 0 Å². The first kappa shape index (κ1) is 72.1. The molecule has 2 aromatic heterocycles. The van der Waals surface area contributed by atoms with E-state index in [4.69, 9.17) is 67.8 Å². The number of hydrogen-bond donors (Lipinski definition) is 0. The average molecular weight is 1610 g/mol. The van der Waals surface area contributed by atoms with Crippen molar-refractivity contribution >= 4 is 121 Å². The van der Waals surface area contributed by atoms with Crippen LogP contribution in [-0.2, 0) is 11.1 Å². The second-order valence-electron chi connectivity index (χ2n) is 31.9. The number of ether oxygens (including phenoxy) is 8. The Morgan fingerprint density at radius 3 is 1.13 bits per heavy atom. The molecule has 2 atom stereocenters. The average Bonchev–Trinajstić information content (AvgIpc) is 1.48. The van der Waals surface area contributed by atoms with Gasteiger partial charge in [0.25, 0.3) is 0 Å². The first-order valence-corrected chi connectivity index (χ1v) is 41.2. The number of benzene rings is 16. The third-order valence-electron chi connectivity index (χ3n) is 26.1. The van der Waals surface area contributed by atoms with Gasteiger partial charge in [-0.2, -0.15) is 0 Å². The van der Waals surface area contributed by atoms with Crippen LogP contribution in [0.25, 0.3) is 121 Å². The molecule has 0 N–H and O–H groups in total. The van der Waals surface area contributed by atoms with Crippen LogP contribution in [0, 0.1) is 0 Å². The molecule has 6 aliphatic rings. The smallest absolute Gasteiger partial charge is 0.159 e. The summed E-state index contributed by atoms with van der Waals surface area (Å²) in [5.41, 5.74) is 18.6. The van der Waals surface area contributed by atoms with Crippen molar-refractivity contribution in [2.45, 2.75) is 11.1 Å². The van der Waals surface area contributed by atoms with Crippen LogP contribution in [0.5, 0.6) is 46.0 Å². The standard InChI is InChI=1S/C108H74N8O8/c1-117-65-35-25-61(26-36-65)95-96(62-27-37-66(118-2)38-28-62)110-103(109-95)91-52-34-60-18-10-15-23-89(60)107(91)94-76-22-13-12-20-74(76)86(57-88(94)106-114-100-78-49-44-70(122-6)54-83(78)85-56-72(124-8)46-51-80(85)102(100)116(106)107)87-58-92(104-111-97(63-29-39-67(119-3)40-30-63)98(112-104)64-31-41-68(120-4)42-32-64)108(90-24-16-14-21-75(87)90)93-73-19-11-9-17-59(73)33-47-81(93)105-113-99-77-48-43-69(121-5)53-82(77)84-55-71(123-7)45-50-79(84)101(99)115(105)108/h9-58H,1-8H3. The Hall–Kier alpha value is -15.9. The Kier molecular flexibility index (Phi) is 15.9. The zero-order valence-electron chi connectivity index (χ0n) is 68.7. The van der Waals surface area contributed by atoms with Crippen molar-refractivity contribution in [2.75, 3.05) is 56.9 Å². The molecule has 18 aromatic rings. The molecule has 0 bridgehead atoms. The van der Waals surface area contributed by atoms with Crippen LogP contribution in [0.1, 0.15) is 61.2 Å². The van der Waals surface area contributed by atoms with Gasteiger partial charge in [0.05, 0.1) is 102 Å². The van der Waals surface area contributed by atoms with Crippen LogP contribution < -0.4 is 37.9 Å². The molecular weight excluding hydrogens is 1540 g/mol. The fraction of sp³-hybridized carbons (Fsp3) is 0.0926. The van der Waals surface area contributed by atoms with E-state index in [9.17, 15) is 0 Å². The quantitative estimate of drug-likeness (QED) is 0.102. The lowest BCUT2D eigenvalue weighted by Gasteiger charge is -2.41. The van der Waals surface area contributed by atoms with Crippen molar-refractivity contribution < 1.29 is 37.9 Å². The minimum atomic E-state index is -1.31. The molecule has 16 heteroatoms. The third kappa shape index (κ3) is 10.0. The van der Waals surface area contributed by atoms with Crippen LogP contribution in [0.4, 0.5) is 0 Å². The Labute approximate surface area is 711 Å². The number of imidazole rings is 2. The van der Waals surface area contributed by atoms with Gasteiger partial charge >= 0.3 is 0 Å². The number of rotatable bonds is 13. The topological polar surface area (TPSA) is 159 Å². The highest BCUT2D eigenvalue weighted by Crippen LogP contribution is 2.65. The molecule has 2 unspecified atom stereocenters. The predicted octanol–water partition coefficient (Wildman–Crippen LogP) is 22.8. The fourth-order valence-corrected chi connectivity index (χ4v) is 20.6. The number of aliphatic imine (C=N–C) groups is 4. The summed E-state index contributed by atoms with van der Waals surface area (Å²) in [6.45, 7) is 0. The molecule has 594 valence electrons. The van der Waals surface area contributed by atoms with Gasteiger partial charge in [-0.25, -0.2) is 29.9 Å². The van der Waals surface area contributed by atoms with Crippen molar-refractivity contribution in [2.24, 2.45) is 20.0 Å². The van der Waals surface area contributed by atoms with Crippen molar-refractivity contribution in [3.63, 3.8) is 0 Å². The summed E-state index contributed by atoms with van der Waals surface area (Å²) < 4.78 is 52.8. The molecule has 2 spiro atoms. The summed E-state index contributed by atoms with van der Waals surface area (Å²) in [4.78, 5) is 36.2. The largest absolute Gasteiger partial charge is 0.497 e. The van der Waals surface area contributed by atoms with Gasteiger partial charge in [0.15, 0.2) is 11.6 Å². The minimum Gasteiger partial charge on any atom is -0.497 e. The maximum atomic E-state index is 6.23. The maximum Gasteiger partial charge on any atom is 0.159 e. The normalized spacial score (nSPS) is 16.4. The summed E-state index contributed by atoms with van der Waals surface area (Å²) in [6, 6.07) is 100. The zero-order chi connectivity index (χ0) is 83.1. The van der Waals surface area contributed by atoms with E-state index in [1.807, 2.05) is 60.7 Å². The number of nitrogens with zero attached hydrogens (tertiary/aromatic N) is 8. The first-order valence-electron chi connectivity index (χ1n) is 41.2. The fourth-order valence-electron chi connectivity index (χ4n) is 20.6. The first-order chi connectivity index (χ1) is 61.1. The van der Waals surface area contributed by atoms with Crippen LogP contribution in [0.3, 0.4) is 0 Å². The van der Waals surface area contributed by atoms with E-state index in [0.29, 0.717) is 63.2 Å². The lowest BCUT2D eigenvalue weighted by atomic mass is 9.67. The van der Waals surface area contributed by atoms with Crippen molar-refractivity contribution in [1.29, 1.82) is 0 Å². The van der Waals surface area contributed by atoms with Crippen molar-refractivity contribution in [3.05, 3.63) is 381 Å². The molecule has 0 amide bonds. The maximum absolute atomic E-state index is 6.23. The van der Waals surface area contributed by atoms with Gasteiger partial charge in [0.1, 0.15) is 68.7 Å². The van der Waals surface area contributed by atoms with Gasteiger partial charge < -0.3 is 47.0 Å². The predicted molar refractivity (Wildman–Crippen MR) is 495 cm³/mol. The van der Waals surface area contributed by atoms with Crippen molar-refractivity contribution in [1.82, 2.24) is 19.1 Å². The van der Waals surface area contributed by atoms with E-state index >= 15 is 0 Å². The van der Waals surface area contributed by atoms with Gasteiger partial charge in [-0.15, -0.1) is 0 Å². The number of methoxy groups -OCH3 is 8. The summed E-state index contributed by atoms with van der Waals surface area (Å²) >= 11 is 0. The number of allylic oxidation sites excluding steroid dienone is 4. The Morgan fingerprint density at radius 1 is 0.266 bits per heavy atom. The molecule has 0 saturated carbocycles.